The Labute approximate surface area is 281 Å². The Morgan fingerprint density at radius 2 is 0.660 bits per heavy atom. The number of phenols is 4. The van der Waals surface area contributed by atoms with E-state index in [2.05, 4.69) is 93.2 Å². The van der Waals surface area contributed by atoms with Gasteiger partial charge in [0.05, 0.1) is 0 Å². The van der Waals surface area contributed by atoms with E-state index in [4.69, 9.17) is 0 Å². The second-order valence-corrected chi connectivity index (χ2v) is 16.6. The minimum absolute atomic E-state index is 0.173. The van der Waals surface area contributed by atoms with Crippen LogP contribution < -0.4 is 0 Å². The summed E-state index contributed by atoms with van der Waals surface area (Å²) in [7, 11) is 0. The average Bonchev–Trinajstić information content (AvgIpc) is 2.94. The molecule has 4 heteroatoms. The molecule has 1 aliphatic carbocycles. The number of rotatable bonds is 2. The fourth-order valence-electron chi connectivity index (χ4n) is 6.59. The first-order valence-corrected chi connectivity index (χ1v) is 16.8. The van der Waals surface area contributed by atoms with E-state index < -0.39 is 0 Å². The minimum atomic E-state index is -0.193. The normalized spacial score (nSPS) is 13.8. The summed E-state index contributed by atoms with van der Waals surface area (Å²) in [4.78, 5) is 0. The third-order valence-corrected chi connectivity index (χ3v) is 9.63. The van der Waals surface area contributed by atoms with Gasteiger partial charge in [-0.1, -0.05) is 117 Å². The van der Waals surface area contributed by atoms with E-state index in [0.29, 0.717) is 43.2 Å². The lowest BCUT2D eigenvalue weighted by Crippen LogP contribution is -2.15. The van der Waals surface area contributed by atoms with Crippen molar-refractivity contribution in [3.05, 3.63) is 128 Å². The molecular formula is C43H52O4. The highest BCUT2D eigenvalue weighted by atomic mass is 16.3. The van der Waals surface area contributed by atoms with Crippen LogP contribution in [0.15, 0.2) is 61.2 Å². The van der Waals surface area contributed by atoms with Crippen molar-refractivity contribution in [1.29, 1.82) is 0 Å². The van der Waals surface area contributed by atoms with Crippen molar-refractivity contribution in [2.45, 2.75) is 111 Å². The maximum Gasteiger partial charge on any atom is 0.122 e. The van der Waals surface area contributed by atoms with E-state index in [9.17, 15) is 20.4 Å². The molecule has 4 aromatic rings. The van der Waals surface area contributed by atoms with Crippen molar-refractivity contribution >= 4 is 0 Å². The van der Waals surface area contributed by atoms with Gasteiger partial charge < -0.3 is 20.4 Å². The van der Waals surface area contributed by atoms with Crippen LogP contribution in [0.5, 0.6) is 23.0 Å². The highest BCUT2D eigenvalue weighted by Crippen LogP contribution is 2.42. The maximum absolute atomic E-state index is 11.9. The predicted octanol–water partition coefficient (Wildman–Crippen LogP) is 9.81. The average molecular weight is 633 g/mol. The number of hydrogen-bond donors (Lipinski definition) is 4. The standard InChI is InChI=1S/C43H52O4/c1-11-12-25-13-26-15-28-19-34(41(2,3)4)21-30(38(28)45)17-32-23-36(43(8,9)10)24-33(40(32)47)18-31-22-35(42(5,6)7)20-29(39(31)46)16-27(14-25)37(26)44/h11,13-14,19-24,44-47H,1,12,15-18H2,2-10H3. The summed E-state index contributed by atoms with van der Waals surface area (Å²) in [6.45, 7) is 23.3. The van der Waals surface area contributed by atoms with Gasteiger partial charge in [0.25, 0.3) is 0 Å². The van der Waals surface area contributed by atoms with Crippen molar-refractivity contribution in [2.75, 3.05) is 0 Å². The maximum atomic E-state index is 11.9. The van der Waals surface area contributed by atoms with Gasteiger partial charge in [0, 0.05) is 25.7 Å². The van der Waals surface area contributed by atoms with Gasteiger partial charge in [-0.25, -0.2) is 0 Å². The Kier molecular flexibility index (Phi) is 8.81. The first-order chi connectivity index (χ1) is 21.8. The first-order valence-electron chi connectivity index (χ1n) is 16.8. The Hall–Kier alpha value is -4.18. The topological polar surface area (TPSA) is 80.9 Å². The molecule has 0 radical (unpaired) electrons. The minimum Gasteiger partial charge on any atom is -0.507 e. The van der Waals surface area contributed by atoms with E-state index in [1.54, 1.807) is 0 Å². The Bertz CT molecular complexity index is 1740. The Morgan fingerprint density at radius 1 is 0.447 bits per heavy atom. The predicted molar refractivity (Wildman–Crippen MR) is 194 cm³/mol. The SMILES string of the molecule is C=CCc1cc2c(O)c(c1)Cc1cc(C(C)(C)C)cc(c1O)Cc1cc(C(C)(C)C)cc(c1O)Cc1cc(C(C)(C)C)cc(c1O)C2. The fraction of sp³-hybridized carbons (Fsp3) is 0.395. The number of allylic oxidation sites excluding steroid dienone is 1. The smallest absolute Gasteiger partial charge is 0.122 e. The third kappa shape index (κ3) is 7.07. The molecule has 0 saturated carbocycles. The van der Waals surface area contributed by atoms with Crippen LogP contribution in [-0.2, 0) is 48.3 Å². The first kappa shape index (κ1) is 34.2. The number of benzene rings is 4. The van der Waals surface area contributed by atoms with Gasteiger partial charge in [0.1, 0.15) is 23.0 Å². The molecular weight excluding hydrogens is 580 g/mol. The molecule has 0 spiro atoms. The Balaban J connectivity index is 1.87. The van der Waals surface area contributed by atoms with Crippen LogP contribution in [0.2, 0.25) is 0 Å². The summed E-state index contributed by atoms with van der Waals surface area (Å²) in [6.07, 6.45) is 3.79. The van der Waals surface area contributed by atoms with Crippen molar-refractivity contribution in [1.82, 2.24) is 0 Å². The van der Waals surface area contributed by atoms with Crippen LogP contribution in [0.4, 0.5) is 0 Å². The van der Waals surface area contributed by atoms with E-state index in [1.165, 1.54) is 0 Å². The molecule has 8 bridgehead atoms. The molecule has 0 saturated heterocycles. The fourth-order valence-corrected chi connectivity index (χ4v) is 6.59. The van der Waals surface area contributed by atoms with Crippen LogP contribution >= 0.6 is 0 Å². The van der Waals surface area contributed by atoms with Crippen LogP contribution in [0, 0.1) is 0 Å². The zero-order chi connectivity index (χ0) is 34.6. The molecule has 0 fully saturated rings. The molecule has 0 aromatic heterocycles. The molecule has 4 aromatic carbocycles. The molecule has 0 heterocycles. The van der Waals surface area contributed by atoms with Gasteiger partial charge in [-0.2, -0.15) is 0 Å². The largest absolute Gasteiger partial charge is 0.507 e. The van der Waals surface area contributed by atoms with Gasteiger partial charge in [0.15, 0.2) is 0 Å². The summed E-state index contributed by atoms with van der Waals surface area (Å²) in [5.41, 5.74) is 9.46. The second-order valence-electron chi connectivity index (χ2n) is 16.6. The lowest BCUT2D eigenvalue weighted by molar-refractivity contribution is 0.449. The van der Waals surface area contributed by atoms with Gasteiger partial charge in [-0.15, -0.1) is 6.58 Å². The van der Waals surface area contributed by atoms with Crippen LogP contribution in [0.3, 0.4) is 0 Å². The van der Waals surface area contributed by atoms with Gasteiger partial charge in [-0.05, 0) is 89.4 Å². The molecule has 47 heavy (non-hydrogen) atoms. The zero-order valence-corrected chi connectivity index (χ0v) is 29.7. The summed E-state index contributed by atoms with van der Waals surface area (Å²) in [6, 6.07) is 16.3. The van der Waals surface area contributed by atoms with Crippen molar-refractivity contribution in [2.24, 2.45) is 0 Å². The third-order valence-electron chi connectivity index (χ3n) is 9.63. The summed E-state index contributed by atoms with van der Waals surface area (Å²) >= 11 is 0. The van der Waals surface area contributed by atoms with Gasteiger partial charge >= 0.3 is 0 Å². The molecule has 1 aliphatic rings. The molecule has 0 unspecified atom stereocenters. The van der Waals surface area contributed by atoms with Gasteiger partial charge in [0.2, 0.25) is 0 Å². The number of aromatic hydroxyl groups is 4. The number of fused-ring (bicyclic) bond motifs is 8. The van der Waals surface area contributed by atoms with Crippen molar-refractivity contribution in [3.8, 4) is 23.0 Å². The van der Waals surface area contributed by atoms with E-state index in [0.717, 1.165) is 55.6 Å². The summed E-state index contributed by atoms with van der Waals surface area (Å²) < 4.78 is 0. The second kappa shape index (κ2) is 12.1. The zero-order valence-electron chi connectivity index (χ0n) is 29.7. The molecule has 5 rings (SSSR count). The van der Waals surface area contributed by atoms with E-state index in [-0.39, 0.29) is 39.2 Å². The van der Waals surface area contributed by atoms with Crippen molar-refractivity contribution < 1.29 is 20.4 Å². The molecule has 0 aliphatic heterocycles. The summed E-state index contributed by atoms with van der Waals surface area (Å²) in [5, 5.41) is 47.3. The number of phenolic OH excluding ortho intramolecular Hbond substituents is 4. The van der Waals surface area contributed by atoms with Gasteiger partial charge in [-0.3, -0.25) is 0 Å². The molecule has 4 N–H and O–H groups in total. The lowest BCUT2D eigenvalue weighted by atomic mass is 9.80. The van der Waals surface area contributed by atoms with Crippen LogP contribution in [-0.4, -0.2) is 20.4 Å². The lowest BCUT2D eigenvalue weighted by Gasteiger charge is -2.26. The quantitative estimate of drug-likeness (QED) is 0.146. The van der Waals surface area contributed by atoms with Crippen molar-refractivity contribution in [3.63, 3.8) is 0 Å². The molecule has 4 nitrogen and oxygen atoms in total. The van der Waals surface area contributed by atoms with Crippen LogP contribution in [0.25, 0.3) is 0 Å². The molecule has 0 amide bonds. The molecule has 0 atom stereocenters. The van der Waals surface area contributed by atoms with Crippen LogP contribution in [0.1, 0.15) is 129 Å². The van der Waals surface area contributed by atoms with E-state index >= 15 is 0 Å². The van der Waals surface area contributed by atoms with E-state index in [1.807, 2.05) is 30.3 Å². The number of hydrogen-bond acceptors (Lipinski definition) is 4. The highest BCUT2D eigenvalue weighted by Gasteiger charge is 2.26. The molecule has 248 valence electrons. The highest BCUT2D eigenvalue weighted by molar-refractivity contribution is 5.58. The monoisotopic (exact) mass is 632 g/mol. The summed E-state index contributed by atoms with van der Waals surface area (Å²) in [5.74, 6) is 0.720. The Morgan fingerprint density at radius 3 is 0.851 bits per heavy atom.